The molecule has 0 aromatic carbocycles. The van der Waals surface area contributed by atoms with Crippen LogP contribution in [0.3, 0.4) is 0 Å². The van der Waals surface area contributed by atoms with Gasteiger partial charge in [-0.2, -0.15) is 0 Å². The zero-order valence-electron chi connectivity index (χ0n) is 7.82. The summed E-state index contributed by atoms with van der Waals surface area (Å²) in [5, 5.41) is 7.68. The molecule has 1 aliphatic rings. The molecule has 0 bridgehead atoms. The normalized spacial score (nSPS) is 17.0. The number of aromatic nitrogens is 2. The van der Waals surface area contributed by atoms with Crippen LogP contribution < -0.4 is 0 Å². The van der Waals surface area contributed by atoms with E-state index in [4.69, 9.17) is 5.41 Å². The van der Waals surface area contributed by atoms with Crippen LogP contribution in [0.5, 0.6) is 0 Å². The molecule has 4 nitrogen and oxygen atoms in total. The fraction of sp³-hybridized carbons (Fsp3) is 0.556. The lowest BCUT2D eigenvalue weighted by molar-refractivity contribution is 0.433. The number of amidine groups is 1. The van der Waals surface area contributed by atoms with Gasteiger partial charge in [-0.05, 0) is 6.42 Å². The molecule has 1 aliphatic heterocycles. The molecule has 0 radical (unpaired) electrons. The third kappa shape index (κ3) is 1.56. The summed E-state index contributed by atoms with van der Waals surface area (Å²) in [5.41, 5.74) is 1.17. The Morgan fingerprint density at radius 3 is 3.00 bits per heavy atom. The Labute approximate surface area is 77.7 Å². The molecule has 4 heteroatoms. The van der Waals surface area contributed by atoms with Crippen molar-refractivity contribution in [3.63, 3.8) is 0 Å². The molecule has 0 atom stereocenters. The molecule has 70 valence electrons. The topological polar surface area (TPSA) is 44.9 Å². The highest BCUT2D eigenvalue weighted by Crippen LogP contribution is 2.13. The van der Waals surface area contributed by atoms with Gasteiger partial charge in [0.05, 0.1) is 24.4 Å². The molecule has 1 N–H and O–H groups in total. The average Bonchev–Trinajstić information content (AvgIpc) is 2.65. The van der Waals surface area contributed by atoms with Gasteiger partial charge in [0.25, 0.3) is 0 Å². The van der Waals surface area contributed by atoms with Crippen molar-refractivity contribution in [3.05, 3.63) is 18.2 Å². The quantitative estimate of drug-likeness (QED) is 0.734. The lowest BCUT2D eigenvalue weighted by Gasteiger charge is -2.17. The zero-order valence-corrected chi connectivity index (χ0v) is 7.82. The summed E-state index contributed by atoms with van der Waals surface area (Å²) >= 11 is 0. The van der Waals surface area contributed by atoms with Gasteiger partial charge in [0.1, 0.15) is 0 Å². The van der Waals surface area contributed by atoms with E-state index in [2.05, 4.69) is 9.88 Å². The van der Waals surface area contributed by atoms with Crippen molar-refractivity contribution in [1.29, 1.82) is 5.41 Å². The van der Waals surface area contributed by atoms with Gasteiger partial charge in [0, 0.05) is 26.2 Å². The lowest BCUT2D eigenvalue weighted by Crippen LogP contribution is -2.24. The average molecular weight is 178 g/mol. The van der Waals surface area contributed by atoms with E-state index in [9.17, 15) is 0 Å². The summed E-state index contributed by atoms with van der Waals surface area (Å²) in [6.07, 6.45) is 5.72. The van der Waals surface area contributed by atoms with E-state index < -0.39 is 0 Å². The fourth-order valence-electron chi connectivity index (χ4n) is 1.64. The van der Waals surface area contributed by atoms with Crippen molar-refractivity contribution in [2.24, 2.45) is 7.05 Å². The lowest BCUT2D eigenvalue weighted by atomic mass is 10.4. The monoisotopic (exact) mass is 178 g/mol. The van der Waals surface area contributed by atoms with E-state index in [0.717, 1.165) is 31.8 Å². The highest BCUT2D eigenvalue weighted by molar-refractivity contribution is 5.80. The summed E-state index contributed by atoms with van der Waals surface area (Å²) in [5.74, 6) is 0.765. The largest absolute Gasteiger partial charge is 0.355 e. The number of rotatable bonds is 2. The van der Waals surface area contributed by atoms with Gasteiger partial charge in [-0.3, -0.25) is 5.41 Å². The maximum atomic E-state index is 7.68. The predicted octanol–water partition coefficient (Wildman–Crippen LogP) is 0.993. The molecular formula is C9H14N4. The molecule has 0 unspecified atom stereocenters. The van der Waals surface area contributed by atoms with E-state index in [-0.39, 0.29) is 0 Å². The summed E-state index contributed by atoms with van der Waals surface area (Å²) in [6.45, 7) is 1.85. The second-order valence-electron chi connectivity index (χ2n) is 3.47. The summed E-state index contributed by atoms with van der Waals surface area (Å²) in [7, 11) is 1.99. The Bertz CT molecular complexity index is 315. The highest BCUT2D eigenvalue weighted by atomic mass is 15.2. The van der Waals surface area contributed by atoms with Crippen LogP contribution in [0.4, 0.5) is 0 Å². The number of aryl methyl sites for hydroxylation is 1. The molecule has 0 aliphatic carbocycles. The van der Waals surface area contributed by atoms with Crippen molar-refractivity contribution >= 4 is 5.84 Å². The zero-order chi connectivity index (χ0) is 9.26. The maximum absolute atomic E-state index is 7.68. The Hall–Kier alpha value is -1.32. The molecule has 1 aromatic rings. The minimum Gasteiger partial charge on any atom is -0.355 e. The highest BCUT2D eigenvalue weighted by Gasteiger charge is 2.17. The molecule has 0 saturated carbocycles. The Kier molecular flexibility index (Phi) is 2.04. The first-order valence-corrected chi connectivity index (χ1v) is 4.55. The molecular weight excluding hydrogens is 164 g/mol. The first kappa shape index (κ1) is 8.29. The second kappa shape index (κ2) is 3.20. The minimum absolute atomic E-state index is 0.765. The van der Waals surface area contributed by atoms with Gasteiger partial charge in [-0.15, -0.1) is 0 Å². The number of hydrogen-bond acceptors (Lipinski definition) is 2. The summed E-state index contributed by atoms with van der Waals surface area (Å²) < 4.78 is 2.01. The fourth-order valence-corrected chi connectivity index (χ4v) is 1.64. The van der Waals surface area contributed by atoms with Gasteiger partial charge < -0.3 is 9.47 Å². The number of likely N-dealkylation sites (tertiary alicyclic amines) is 1. The molecule has 0 spiro atoms. The minimum atomic E-state index is 0.765. The second-order valence-corrected chi connectivity index (χ2v) is 3.47. The molecule has 1 fully saturated rings. The van der Waals surface area contributed by atoms with Gasteiger partial charge >= 0.3 is 0 Å². The predicted molar refractivity (Wildman–Crippen MR) is 50.6 cm³/mol. The van der Waals surface area contributed by atoms with Crippen molar-refractivity contribution in [2.45, 2.75) is 19.4 Å². The maximum Gasteiger partial charge on any atom is 0.0961 e. The first-order valence-electron chi connectivity index (χ1n) is 4.55. The van der Waals surface area contributed by atoms with E-state index in [1.807, 2.05) is 17.8 Å². The summed E-state index contributed by atoms with van der Waals surface area (Å²) in [6, 6.07) is 0. The number of nitrogens with one attached hydrogen (secondary N) is 1. The number of imidazole rings is 1. The van der Waals surface area contributed by atoms with Crippen molar-refractivity contribution < 1.29 is 0 Å². The molecule has 2 heterocycles. The van der Waals surface area contributed by atoms with Crippen LogP contribution in [0.1, 0.15) is 18.5 Å². The van der Waals surface area contributed by atoms with E-state index in [0.29, 0.717) is 0 Å². The molecule has 13 heavy (non-hydrogen) atoms. The Morgan fingerprint density at radius 1 is 1.62 bits per heavy atom. The van der Waals surface area contributed by atoms with Crippen LogP contribution in [0, 0.1) is 5.41 Å². The van der Waals surface area contributed by atoms with Gasteiger partial charge in [-0.25, -0.2) is 4.98 Å². The van der Waals surface area contributed by atoms with Gasteiger partial charge in [0.15, 0.2) is 0 Å². The number of nitrogens with zero attached hydrogens (tertiary/aromatic N) is 3. The SMILES string of the molecule is Cn1cncc1CN1CCCC1=N. The van der Waals surface area contributed by atoms with Crippen LogP contribution in [0.25, 0.3) is 0 Å². The van der Waals surface area contributed by atoms with E-state index in [1.165, 1.54) is 5.69 Å². The van der Waals surface area contributed by atoms with Crippen molar-refractivity contribution in [1.82, 2.24) is 14.5 Å². The van der Waals surface area contributed by atoms with Crippen LogP contribution in [0.15, 0.2) is 12.5 Å². The standard InChI is InChI=1S/C9H14N4/c1-12-7-11-5-8(12)6-13-4-2-3-9(13)10/h5,7,10H,2-4,6H2,1H3. The number of hydrogen-bond donors (Lipinski definition) is 1. The smallest absolute Gasteiger partial charge is 0.0961 e. The van der Waals surface area contributed by atoms with Gasteiger partial charge in [0.2, 0.25) is 0 Å². The van der Waals surface area contributed by atoms with E-state index >= 15 is 0 Å². The Morgan fingerprint density at radius 2 is 2.46 bits per heavy atom. The first-order chi connectivity index (χ1) is 6.27. The molecule has 1 saturated heterocycles. The molecule has 0 amide bonds. The van der Waals surface area contributed by atoms with E-state index in [1.54, 1.807) is 6.33 Å². The van der Waals surface area contributed by atoms with Crippen LogP contribution >= 0.6 is 0 Å². The summed E-state index contributed by atoms with van der Waals surface area (Å²) in [4.78, 5) is 6.16. The molecule has 2 rings (SSSR count). The van der Waals surface area contributed by atoms with Crippen molar-refractivity contribution in [3.8, 4) is 0 Å². The Balaban J connectivity index is 2.06. The third-order valence-electron chi connectivity index (χ3n) is 2.49. The van der Waals surface area contributed by atoms with Crippen LogP contribution in [0.2, 0.25) is 0 Å². The van der Waals surface area contributed by atoms with Crippen LogP contribution in [-0.2, 0) is 13.6 Å². The van der Waals surface area contributed by atoms with Gasteiger partial charge in [-0.1, -0.05) is 0 Å². The third-order valence-corrected chi connectivity index (χ3v) is 2.49. The van der Waals surface area contributed by atoms with Crippen LogP contribution in [-0.4, -0.2) is 26.8 Å². The van der Waals surface area contributed by atoms with Crippen molar-refractivity contribution in [2.75, 3.05) is 6.54 Å². The molecule has 1 aromatic heterocycles.